The Labute approximate surface area is 211 Å². The average Bonchev–Trinajstić information content (AvgIpc) is 3.32. The van der Waals surface area contributed by atoms with Crippen LogP contribution in [0.15, 0.2) is 60.8 Å². The minimum atomic E-state index is -4.46. The van der Waals surface area contributed by atoms with Crippen LogP contribution in [-0.2, 0) is 10.6 Å². The number of anilines is 2. The number of nitrogens with zero attached hydrogens (tertiary/aromatic N) is 3. The molecular weight excluding hydrogens is 576 g/mol. The number of H-pyrrole nitrogens is 1. The molecule has 0 aliphatic carbocycles. The molecule has 0 atom stereocenters. The Bertz CT molecular complexity index is 1340. The highest BCUT2D eigenvalue weighted by atomic mass is 127. The second-order valence-electron chi connectivity index (χ2n) is 7.22. The highest BCUT2D eigenvalue weighted by molar-refractivity contribution is 14.1. The molecule has 8 nitrogen and oxygen atoms in total. The molecule has 12 heteroatoms. The molecule has 2 aromatic heterocycles. The van der Waals surface area contributed by atoms with Crippen LogP contribution in [0.3, 0.4) is 0 Å². The highest BCUT2D eigenvalue weighted by Gasteiger charge is 2.33. The number of hydrogen-bond acceptors (Lipinski definition) is 6. The number of carbonyl (C=O) groups is 1. The molecule has 0 aliphatic heterocycles. The van der Waals surface area contributed by atoms with Crippen LogP contribution in [0.25, 0.3) is 11.4 Å². The van der Waals surface area contributed by atoms with Crippen molar-refractivity contribution in [2.24, 2.45) is 0 Å². The molecule has 4 rings (SSSR count). The number of benzene rings is 2. The van der Waals surface area contributed by atoms with Gasteiger partial charge in [0.15, 0.2) is 5.82 Å². The second kappa shape index (κ2) is 10.3. The lowest BCUT2D eigenvalue weighted by Gasteiger charge is -2.12. The van der Waals surface area contributed by atoms with Gasteiger partial charge in [0, 0.05) is 35.0 Å². The summed E-state index contributed by atoms with van der Waals surface area (Å²) in [5, 5.41) is 12.2. The van der Waals surface area contributed by atoms with Gasteiger partial charge in [0.05, 0.1) is 5.56 Å². The molecule has 0 spiro atoms. The summed E-state index contributed by atoms with van der Waals surface area (Å²) in [6, 6.07) is 14.1. The Morgan fingerprint density at radius 1 is 1.09 bits per heavy atom. The quantitative estimate of drug-likeness (QED) is 0.187. The number of nitrogens with one attached hydrogen (secondary N) is 3. The van der Waals surface area contributed by atoms with Gasteiger partial charge in [0.25, 0.3) is 5.91 Å². The molecule has 0 saturated carbocycles. The number of rotatable bonds is 7. The van der Waals surface area contributed by atoms with Crippen molar-refractivity contribution in [2.45, 2.75) is 10.6 Å². The van der Waals surface area contributed by atoms with Gasteiger partial charge in [-0.2, -0.15) is 18.2 Å². The van der Waals surface area contributed by atoms with E-state index < -0.39 is 11.7 Å². The molecule has 3 N–H and O–H groups in total. The molecule has 0 saturated heterocycles. The lowest BCUT2D eigenvalue weighted by atomic mass is 10.0. The van der Waals surface area contributed by atoms with Gasteiger partial charge in [0.1, 0.15) is 17.2 Å². The van der Waals surface area contributed by atoms with Crippen molar-refractivity contribution in [1.29, 1.82) is 0 Å². The van der Waals surface area contributed by atoms with E-state index in [1.807, 2.05) is 22.6 Å². The summed E-state index contributed by atoms with van der Waals surface area (Å²) in [6.07, 6.45) is -2.98. The summed E-state index contributed by atoms with van der Waals surface area (Å²) >= 11 is 1.90. The van der Waals surface area contributed by atoms with Crippen molar-refractivity contribution in [3.8, 4) is 22.9 Å². The summed E-state index contributed by atoms with van der Waals surface area (Å²) in [6.45, 7) is 0. The number of ether oxygens (including phenoxy) is 1. The van der Waals surface area contributed by atoms with Gasteiger partial charge in [-0.3, -0.25) is 14.9 Å². The van der Waals surface area contributed by atoms with Gasteiger partial charge >= 0.3 is 6.18 Å². The Morgan fingerprint density at radius 3 is 2.54 bits per heavy atom. The van der Waals surface area contributed by atoms with Crippen LogP contribution in [0.5, 0.6) is 11.5 Å². The number of hydrogen-bond donors (Lipinski definition) is 3. The van der Waals surface area contributed by atoms with E-state index in [1.165, 1.54) is 25.4 Å². The van der Waals surface area contributed by atoms with Gasteiger partial charge in [0.2, 0.25) is 5.95 Å². The lowest BCUT2D eigenvalue weighted by molar-refractivity contribution is -0.138. The number of aromatic nitrogens is 4. The molecule has 180 valence electrons. The van der Waals surface area contributed by atoms with Gasteiger partial charge < -0.3 is 15.4 Å². The summed E-state index contributed by atoms with van der Waals surface area (Å²) in [7, 11) is 1.52. The molecule has 0 unspecified atom stereocenters. The van der Waals surface area contributed by atoms with Gasteiger partial charge in [-0.15, -0.1) is 5.10 Å². The molecule has 0 aliphatic rings. The zero-order valence-electron chi connectivity index (χ0n) is 18.2. The monoisotopic (exact) mass is 594 g/mol. The van der Waals surface area contributed by atoms with Gasteiger partial charge in [-0.05, 0) is 42.0 Å². The second-order valence-corrected chi connectivity index (χ2v) is 7.98. The van der Waals surface area contributed by atoms with Crippen molar-refractivity contribution in [3.63, 3.8) is 0 Å². The SMILES string of the molecule is CNC(=O)c1cc(Oc2ccc(Nc3n[nH]c(-c4ccc(CI)c(C(F)(F)F)c4)n3)cc2)ccn1. The molecule has 2 heterocycles. The van der Waals surface area contributed by atoms with Gasteiger partial charge in [-0.1, -0.05) is 34.7 Å². The fourth-order valence-electron chi connectivity index (χ4n) is 3.15. The predicted octanol–water partition coefficient (Wildman–Crippen LogP) is 5.72. The van der Waals surface area contributed by atoms with Crippen LogP contribution >= 0.6 is 22.6 Å². The molecule has 4 aromatic rings. The van der Waals surface area contributed by atoms with E-state index in [4.69, 9.17) is 4.74 Å². The summed E-state index contributed by atoms with van der Waals surface area (Å²) in [4.78, 5) is 20.0. The molecule has 1 amide bonds. The maximum Gasteiger partial charge on any atom is 0.416 e. The number of pyridine rings is 1. The zero-order chi connectivity index (χ0) is 25.0. The van der Waals surface area contributed by atoms with Crippen molar-refractivity contribution in [1.82, 2.24) is 25.5 Å². The van der Waals surface area contributed by atoms with Crippen LogP contribution in [0.1, 0.15) is 21.6 Å². The summed E-state index contributed by atoms with van der Waals surface area (Å²) in [5.41, 5.74) is 0.666. The lowest BCUT2D eigenvalue weighted by Crippen LogP contribution is -2.18. The molecule has 0 radical (unpaired) electrons. The van der Waals surface area contributed by atoms with E-state index in [-0.39, 0.29) is 38.9 Å². The van der Waals surface area contributed by atoms with E-state index >= 15 is 0 Å². The highest BCUT2D eigenvalue weighted by Crippen LogP contribution is 2.35. The van der Waals surface area contributed by atoms with Crippen molar-refractivity contribution < 1.29 is 22.7 Å². The molecule has 0 bridgehead atoms. The smallest absolute Gasteiger partial charge is 0.416 e. The number of alkyl halides is 4. The van der Waals surface area contributed by atoms with E-state index in [0.29, 0.717) is 17.2 Å². The van der Waals surface area contributed by atoms with Crippen LogP contribution in [-0.4, -0.2) is 33.1 Å². The van der Waals surface area contributed by atoms with Crippen LogP contribution in [0, 0.1) is 0 Å². The van der Waals surface area contributed by atoms with Crippen LogP contribution < -0.4 is 15.4 Å². The first kappa shape index (κ1) is 24.4. The van der Waals surface area contributed by atoms with E-state index in [9.17, 15) is 18.0 Å². The standard InChI is InChI=1S/C23H18F3IN6O2/c1-28-21(34)19-11-17(8-9-29-19)35-16-6-4-15(5-7-16)30-22-31-20(32-33-22)13-2-3-14(12-27)18(10-13)23(24,25)26/h2-11H,12H2,1H3,(H,28,34)(H2,30,31,32,33). The topological polar surface area (TPSA) is 105 Å². The van der Waals surface area contributed by atoms with Crippen LogP contribution in [0.2, 0.25) is 0 Å². The third kappa shape index (κ3) is 5.88. The third-order valence-electron chi connectivity index (χ3n) is 4.86. The predicted molar refractivity (Wildman–Crippen MR) is 132 cm³/mol. The maximum absolute atomic E-state index is 13.4. The zero-order valence-corrected chi connectivity index (χ0v) is 20.3. The van der Waals surface area contributed by atoms with Crippen LogP contribution in [0.4, 0.5) is 24.8 Å². The fourth-order valence-corrected chi connectivity index (χ4v) is 3.81. The normalized spacial score (nSPS) is 11.2. The number of carbonyl (C=O) groups excluding carboxylic acids is 1. The maximum atomic E-state index is 13.4. The Kier molecular flexibility index (Phi) is 7.19. The van der Waals surface area contributed by atoms with Crippen molar-refractivity contribution in [3.05, 3.63) is 77.6 Å². The molecular formula is C23H18F3IN6O2. The largest absolute Gasteiger partial charge is 0.457 e. The average molecular weight is 594 g/mol. The third-order valence-corrected chi connectivity index (χ3v) is 5.68. The Morgan fingerprint density at radius 2 is 1.86 bits per heavy atom. The minimum Gasteiger partial charge on any atom is -0.457 e. The number of amides is 1. The first-order chi connectivity index (χ1) is 16.8. The Balaban J connectivity index is 1.45. The fraction of sp³-hybridized carbons (Fsp3) is 0.130. The number of halogens is 4. The minimum absolute atomic E-state index is 0.199. The molecule has 35 heavy (non-hydrogen) atoms. The molecule has 2 aromatic carbocycles. The Hall–Kier alpha value is -3.68. The van der Waals surface area contributed by atoms with Crippen molar-refractivity contribution in [2.75, 3.05) is 12.4 Å². The van der Waals surface area contributed by atoms with Gasteiger partial charge in [-0.25, -0.2) is 0 Å². The first-order valence-corrected chi connectivity index (χ1v) is 11.7. The summed E-state index contributed by atoms with van der Waals surface area (Å²) < 4.78 is 46.1. The summed E-state index contributed by atoms with van der Waals surface area (Å²) in [5.74, 6) is 1.06. The molecule has 0 fully saturated rings. The van der Waals surface area contributed by atoms with Crippen molar-refractivity contribution >= 4 is 40.1 Å². The van der Waals surface area contributed by atoms with E-state index in [0.717, 1.165) is 6.07 Å². The first-order valence-electron chi connectivity index (χ1n) is 10.2. The van der Waals surface area contributed by atoms with E-state index in [2.05, 4.69) is 30.8 Å². The van der Waals surface area contributed by atoms with E-state index in [1.54, 1.807) is 36.4 Å². The number of aromatic amines is 1.